The van der Waals surface area contributed by atoms with Crippen LogP contribution in [0.5, 0.6) is 0 Å². The zero-order valence-corrected chi connectivity index (χ0v) is 14.1. The van der Waals surface area contributed by atoms with Gasteiger partial charge in [-0.2, -0.15) is 0 Å². The third-order valence-corrected chi connectivity index (χ3v) is 5.40. The van der Waals surface area contributed by atoms with Gasteiger partial charge in [-0.15, -0.1) is 24.2 Å². The molecule has 3 rings (SSSR count). The number of carbonyl (C=O) groups excluding carboxylic acids is 1. The number of halogens is 2. The number of hydrogen-bond acceptors (Lipinski definition) is 3. The zero-order chi connectivity index (χ0) is 14.7. The highest BCUT2D eigenvalue weighted by atomic mass is 35.5. The fourth-order valence-corrected chi connectivity index (χ4v) is 4.22. The molecule has 1 amide bonds. The molecular weight excluding hydrogens is 323 g/mol. The molecule has 3 nitrogen and oxygen atoms in total. The number of hydrogen-bond donors (Lipinski definition) is 2. The summed E-state index contributed by atoms with van der Waals surface area (Å²) >= 11 is 1.74. The average Bonchev–Trinajstić information content (AvgIpc) is 2.49. The second-order valence-corrected chi connectivity index (χ2v) is 6.97. The van der Waals surface area contributed by atoms with E-state index in [0.29, 0.717) is 12.3 Å². The van der Waals surface area contributed by atoms with Crippen LogP contribution in [-0.4, -0.2) is 24.7 Å². The molecule has 2 heterocycles. The number of carbonyl (C=O) groups is 1. The number of piperidine rings is 1. The Morgan fingerprint density at radius 3 is 2.86 bits per heavy atom. The lowest BCUT2D eigenvalue weighted by atomic mass is 9.94. The van der Waals surface area contributed by atoms with Gasteiger partial charge in [0.2, 0.25) is 5.91 Å². The fraction of sp³-hybridized carbons (Fsp3) is 0.562. The van der Waals surface area contributed by atoms with Crippen LogP contribution < -0.4 is 10.6 Å². The van der Waals surface area contributed by atoms with Crippen molar-refractivity contribution in [1.29, 1.82) is 0 Å². The van der Waals surface area contributed by atoms with Crippen LogP contribution in [-0.2, 0) is 4.79 Å². The highest BCUT2D eigenvalue weighted by molar-refractivity contribution is 7.99. The Bertz CT molecular complexity index is 523. The molecule has 1 atom stereocenters. The molecule has 0 radical (unpaired) electrons. The molecule has 1 aromatic rings. The molecule has 0 saturated carbocycles. The maximum Gasteiger partial charge on any atom is 0.220 e. The topological polar surface area (TPSA) is 41.1 Å². The van der Waals surface area contributed by atoms with E-state index in [1.54, 1.807) is 17.8 Å². The molecule has 0 bridgehead atoms. The van der Waals surface area contributed by atoms with Crippen LogP contribution >= 0.6 is 24.2 Å². The van der Waals surface area contributed by atoms with E-state index in [2.05, 4.69) is 10.6 Å². The molecule has 6 heteroatoms. The number of thioether (sulfide) groups is 1. The van der Waals surface area contributed by atoms with Gasteiger partial charge in [-0.25, -0.2) is 4.39 Å². The van der Waals surface area contributed by atoms with Crippen LogP contribution in [0.25, 0.3) is 0 Å². The molecule has 1 unspecified atom stereocenters. The summed E-state index contributed by atoms with van der Waals surface area (Å²) in [5, 5.41) is 6.42. The molecule has 0 aromatic heterocycles. The van der Waals surface area contributed by atoms with Crippen LogP contribution in [0.1, 0.15) is 37.3 Å². The molecule has 1 aromatic carbocycles. The molecule has 0 spiro atoms. The van der Waals surface area contributed by atoms with Crippen molar-refractivity contribution >= 4 is 30.1 Å². The summed E-state index contributed by atoms with van der Waals surface area (Å²) in [6.45, 7) is 2.01. The highest BCUT2D eigenvalue weighted by Crippen LogP contribution is 2.36. The van der Waals surface area contributed by atoms with Crippen molar-refractivity contribution in [3.63, 3.8) is 0 Å². The molecule has 1 fully saturated rings. The van der Waals surface area contributed by atoms with Gasteiger partial charge < -0.3 is 10.6 Å². The van der Waals surface area contributed by atoms with Crippen LogP contribution in [0.2, 0.25) is 0 Å². The van der Waals surface area contributed by atoms with Gasteiger partial charge in [-0.3, -0.25) is 4.79 Å². The van der Waals surface area contributed by atoms with Gasteiger partial charge in [0.05, 0.1) is 6.04 Å². The van der Waals surface area contributed by atoms with Crippen molar-refractivity contribution in [3.8, 4) is 0 Å². The van der Waals surface area contributed by atoms with Crippen molar-refractivity contribution in [2.24, 2.45) is 5.92 Å². The molecule has 122 valence electrons. The Balaban J connectivity index is 0.00000176. The number of benzene rings is 1. The first kappa shape index (κ1) is 17.6. The molecule has 2 N–H and O–H groups in total. The summed E-state index contributed by atoms with van der Waals surface area (Å²) in [4.78, 5) is 13.3. The molecule has 2 aliphatic rings. The fourth-order valence-electron chi connectivity index (χ4n) is 3.12. The van der Waals surface area contributed by atoms with E-state index in [4.69, 9.17) is 0 Å². The average molecular weight is 345 g/mol. The van der Waals surface area contributed by atoms with E-state index in [0.717, 1.165) is 48.6 Å². The Hall–Kier alpha value is -0.780. The Kier molecular flexibility index (Phi) is 6.53. The monoisotopic (exact) mass is 344 g/mol. The van der Waals surface area contributed by atoms with Gasteiger partial charge in [0.1, 0.15) is 5.82 Å². The van der Waals surface area contributed by atoms with E-state index in [9.17, 15) is 9.18 Å². The minimum Gasteiger partial charge on any atom is -0.349 e. The molecule has 22 heavy (non-hydrogen) atoms. The first-order valence-electron chi connectivity index (χ1n) is 7.64. The normalized spacial score (nSPS) is 21.6. The summed E-state index contributed by atoms with van der Waals surface area (Å²) in [6, 6.07) is 4.84. The third kappa shape index (κ3) is 4.37. The Labute approximate surface area is 141 Å². The standard InChI is InChI=1S/C16H21FN2OS.ClH/c17-12-1-2-15-13(10-12)14(5-8-21-15)19-16(20)9-11-3-6-18-7-4-11;/h1-2,10-11,14,18H,3-9H2,(H,19,20);1H. The highest BCUT2D eigenvalue weighted by Gasteiger charge is 2.24. The van der Waals surface area contributed by atoms with Crippen LogP contribution in [0.4, 0.5) is 4.39 Å². The first-order valence-corrected chi connectivity index (χ1v) is 8.63. The first-order chi connectivity index (χ1) is 10.2. The molecule has 2 aliphatic heterocycles. The lowest BCUT2D eigenvalue weighted by molar-refractivity contribution is -0.123. The Morgan fingerprint density at radius 2 is 2.09 bits per heavy atom. The van der Waals surface area contributed by atoms with Gasteiger partial charge in [0, 0.05) is 17.1 Å². The minimum atomic E-state index is -0.228. The lowest BCUT2D eigenvalue weighted by Gasteiger charge is -2.27. The van der Waals surface area contributed by atoms with E-state index in [1.807, 2.05) is 6.07 Å². The largest absolute Gasteiger partial charge is 0.349 e. The summed E-state index contributed by atoms with van der Waals surface area (Å²) < 4.78 is 13.4. The molecule has 0 aliphatic carbocycles. The van der Waals surface area contributed by atoms with E-state index in [1.165, 1.54) is 6.07 Å². The molecular formula is C16H22ClFN2OS. The predicted molar refractivity (Wildman–Crippen MR) is 90.1 cm³/mol. The van der Waals surface area contributed by atoms with Crippen molar-refractivity contribution in [2.75, 3.05) is 18.8 Å². The van der Waals surface area contributed by atoms with Crippen molar-refractivity contribution in [3.05, 3.63) is 29.6 Å². The quantitative estimate of drug-likeness (QED) is 0.884. The lowest BCUT2D eigenvalue weighted by Crippen LogP contribution is -2.34. The van der Waals surface area contributed by atoms with Gasteiger partial charge >= 0.3 is 0 Å². The SMILES string of the molecule is Cl.O=C(CC1CCNCC1)NC1CCSc2ccc(F)cc21. The van der Waals surface area contributed by atoms with E-state index in [-0.39, 0.29) is 30.2 Å². The Morgan fingerprint density at radius 1 is 1.32 bits per heavy atom. The number of fused-ring (bicyclic) bond motifs is 1. The maximum atomic E-state index is 13.4. The summed E-state index contributed by atoms with van der Waals surface area (Å²) in [6.07, 6.45) is 3.60. The zero-order valence-electron chi connectivity index (χ0n) is 12.4. The summed E-state index contributed by atoms with van der Waals surface area (Å²) in [7, 11) is 0. The summed E-state index contributed by atoms with van der Waals surface area (Å²) in [5.41, 5.74) is 0.935. The maximum absolute atomic E-state index is 13.4. The minimum absolute atomic E-state index is 0. The van der Waals surface area contributed by atoms with Crippen molar-refractivity contribution in [2.45, 2.75) is 36.6 Å². The van der Waals surface area contributed by atoms with Gasteiger partial charge in [0.25, 0.3) is 0 Å². The number of nitrogens with one attached hydrogen (secondary N) is 2. The second-order valence-electron chi connectivity index (χ2n) is 5.84. The van der Waals surface area contributed by atoms with E-state index >= 15 is 0 Å². The third-order valence-electron chi connectivity index (χ3n) is 4.28. The van der Waals surface area contributed by atoms with Crippen LogP contribution in [0, 0.1) is 11.7 Å². The van der Waals surface area contributed by atoms with Gasteiger partial charge in [0.15, 0.2) is 0 Å². The van der Waals surface area contributed by atoms with Crippen LogP contribution in [0.15, 0.2) is 23.1 Å². The van der Waals surface area contributed by atoms with Crippen molar-refractivity contribution < 1.29 is 9.18 Å². The van der Waals surface area contributed by atoms with Crippen LogP contribution in [0.3, 0.4) is 0 Å². The predicted octanol–water partition coefficient (Wildman–Crippen LogP) is 3.29. The number of rotatable bonds is 3. The summed E-state index contributed by atoms with van der Waals surface area (Å²) in [5.74, 6) is 1.33. The molecule has 1 saturated heterocycles. The second kappa shape index (κ2) is 8.18. The van der Waals surface area contributed by atoms with Gasteiger partial charge in [-0.1, -0.05) is 0 Å². The smallest absolute Gasteiger partial charge is 0.220 e. The number of amides is 1. The van der Waals surface area contributed by atoms with E-state index < -0.39 is 0 Å². The van der Waals surface area contributed by atoms with Gasteiger partial charge in [-0.05, 0) is 62.0 Å². The van der Waals surface area contributed by atoms with Crippen molar-refractivity contribution in [1.82, 2.24) is 10.6 Å².